The lowest BCUT2D eigenvalue weighted by molar-refractivity contribution is -0.139. The topological polar surface area (TPSA) is 70.7 Å². The van der Waals surface area contributed by atoms with Crippen LogP contribution in [0.15, 0.2) is 35.5 Å². The molecule has 0 aromatic heterocycles. The summed E-state index contributed by atoms with van der Waals surface area (Å²) in [5.74, 6) is -0.669. The molecule has 1 aromatic rings. The van der Waals surface area contributed by atoms with Crippen molar-refractivity contribution in [3.05, 3.63) is 46.9 Å². The third-order valence-corrected chi connectivity index (χ3v) is 4.90. The smallest absolute Gasteiger partial charge is 0.337 e. The monoisotopic (exact) mass is 375 g/mol. The average Bonchev–Trinajstić information content (AvgIpc) is 3.47. The Morgan fingerprint density at radius 2 is 2.00 bits per heavy atom. The predicted octanol–water partition coefficient (Wildman–Crippen LogP) is 2.70. The Bertz CT molecular complexity index is 746. The Kier molecular flexibility index (Phi) is 6.11. The molecule has 1 aliphatic heterocycles. The molecule has 146 valence electrons. The number of ether oxygens (including phenoxy) is 1. The predicted molar refractivity (Wildman–Crippen MR) is 99.2 cm³/mol. The molecule has 1 saturated carbocycles. The van der Waals surface area contributed by atoms with E-state index in [0.29, 0.717) is 42.4 Å². The minimum atomic E-state index is -0.423. The van der Waals surface area contributed by atoms with Gasteiger partial charge >= 0.3 is 12.0 Å². The van der Waals surface area contributed by atoms with E-state index in [9.17, 15) is 14.0 Å². The van der Waals surface area contributed by atoms with E-state index < -0.39 is 5.97 Å². The van der Waals surface area contributed by atoms with Crippen LogP contribution < -0.4 is 10.6 Å². The summed E-state index contributed by atoms with van der Waals surface area (Å²) >= 11 is 0. The van der Waals surface area contributed by atoms with E-state index in [1.807, 2.05) is 13.0 Å². The summed E-state index contributed by atoms with van der Waals surface area (Å²) in [5, 5.41) is 5.55. The van der Waals surface area contributed by atoms with Crippen molar-refractivity contribution < 1.29 is 18.7 Å². The summed E-state index contributed by atoms with van der Waals surface area (Å²) in [5.41, 5.74) is 1.61. The number of carbonyl (C=O) groups is 2. The number of esters is 1. The first-order valence-corrected chi connectivity index (χ1v) is 9.48. The molecule has 0 unspecified atom stereocenters. The maximum Gasteiger partial charge on any atom is 0.337 e. The maximum atomic E-state index is 14.1. The Balaban J connectivity index is 1.88. The van der Waals surface area contributed by atoms with Crippen molar-refractivity contribution in [3.63, 3.8) is 0 Å². The third-order valence-electron chi connectivity index (χ3n) is 4.90. The lowest BCUT2D eigenvalue weighted by Gasteiger charge is -2.31. The van der Waals surface area contributed by atoms with Crippen LogP contribution in [-0.4, -0.2) is 42.1 Å². The molecular formula is C20H26FN3O3. The molecule has 7 heteroatoms. The number of amides is 2. The number of halogens is 1. The second-order valence-corrected chi connectivity index (χ2v) is 6.90. The molecule has 1 heterocycles. The van der Waals surface area contributed by atoms with Gasteiger partial charge in [0, 0.05) is 30.4 Å². The van der Waals surface area contributed by atoms with Crippen molar-refractivity contribution in [1.82, 2.24) is 15.5 Å². The fourth-order valence-electron chi connectivity index (χ4n) is 3.39. The Hall–Kier alpha value is -2.41. The number of benzene rings is 1. The SMILES string of the molecule is CCOC(=O)C1=C(CN(Cc2ccccc2F)C2CC2)NC(=O)N[C@@H]1CC. The number of urea groups is 1. The van der Waals surface area contributed by atoms with Gasteiger partial charge in [-0.1, -0.05) is 25.1 Å². The molecule has 3 rings (SSSR count). The highest BCUT2D eigenvalue weighted by atomic mass is 19.1. The van der Waals surface area contributed by atoms with Crippen molar-refractivity contribution in [2.75, 3.05) is 13.2 Å². The van der Waals surface area contributed by atoms with Gasteiger partial charge in [0.1, 0.15) is 5.82 Å². The van der Waals surface area contributed by atoms with Crippen LogP contribution in [0.4, 0.5) is 9.18 Å². The van der Waals surface area contributed by atoms with E-state index in [0.717, 1.165) is 12.8 Å². The number of nitrogens with zero attached hydrogens (tertiary/aromatic N) is 1. The first-order valence-electron chi connectivity index (χ1n) is 9.48. The second kappa shape index (κ2) is 8.52. The van der Waals surface area contributed by atoms with Crippen molar-refractivity contribution in [1.29, 1.82) is 0 Å². The van der Waals surface area contributed by atoms with Crippen LogP contribution in [0, 0.1) is 5.82 Å². The molecule has 0 bridgehead atoms. The summed E-state index contributed by atoms with van der Waals surface area (Å²) in [6.07, 6.45) is 2.64. The molecule has 2 amide bonds. The molecule has 0 spiro atoms. The summed E-state index contributed by atoms with van der Waals surface area (Å²) in [4.78, 5) is 26.7. The van der Waals surface area contributed by atoms with Gasteiger partial charge < -0.3 is 15.4 Å². The van der Waals surface area contributed by atoms with E-state index in [2.05, 4.69) is 15.5 Å². The normalized spacial score (nSPS) is 19.7. The molecule has 27 heavy (non-hydrogen) atoms. The van der Waals surface area contributed by atoms with Gasteiger partial charge in [-0.3, -0.25) is 4.90 Å². The van der Waals surface area contributed by atoms with Crippen LogP contribution in [0.2, 0.25) is 0 Å². The van der Waals surface area contributed by atoms with E-state index in [-0.39, 0.29) is 24.5 Å². The molecule has 1 aliphatic carbocycles. The van der Waals surface area contributed by atoms with Crippen LogP contribution in [-0.2, 0) is 16.1 Å². The zero-order valence-electron chi connectivity index (χ0n) is 15.8. The molecule has 1 atom stereocenters. The van der Waals surface area contributed by atoms with E-state index >= 15 is 0 Å². The van der Waals surface area contributed by atoms with Crippen LogP contribution >= 0.6 is 0 Å². The van der Waals surface area contributed by atoms with Crippen molar-refractivity contribution in [3.8, 4) is 0 Å². The van der Waals surface area contributed by atoms with Gasteiger partial charge in [-0.15, -0.1) is 0 Å². The molecule has 0 radical (unpaired) electrons. The highest BCUT2D eigenvalue weighted by Gasteiger charge is 2.35. The zero-order chi connectivity index (χ0) is 19.4. The fraction of sp³-hybridized carbons (Fsp3) is 0.500. The van der Waals surface area contributed by atoms with Gasteiger partial charge in [0.15, 0.2) is 0 Å². The van der Waals surface area contributed by atoms with Gasteiger partial charge in [0.2, 0.25) is 0 Å². The quantitative estimate of drug-likeness (QED) is 0.686. The van der Waals surface area contributed by atoms with E-state index in [1.54, 1.807) is 19.1 Å². The summed E-state index contributed by atoms with van der Waals surface area (Å²) in [6.45, 7) is 4.73. The lowest BCUT2D eigenvalue weighted by Crippen LogP contribution is -2.52. The third kappa shape index (κ3) is 4.66. The van der Waals surface area contributed by atoms with Gasteiger partial charge in [-0.2, -0.15) is 0 Å². The molecule has 1 fully saturated rings. The van der Waals surface area contributed by atoms with Gasteiger partial charge in [0.25, 0.3) is 0 Å². The number of carbonyl (C=O) groups excluding carboxylic acids is 2. The Morgan fingerprint density at radius 1 is 1.26 bits per heavy atom. The van der Waals surface area contributed by atoms with Crippen molar-refractivity contribution in [2.45, 2.75) is 51.7 Å². The molecule has 2 N–H and O–H groups in total. The number of hydrogen-bond donors (Lipinski definition) is 2. The van der Waals surface area contributed by atoms with E-state index in [1.165, 1.54) is 6.07 Å². The summed E-state index contributed by atoms with van der Waals surface area (Å²) in [6, 6.07) is 6.30. The number of hydrogen-bond acceptors (Lipinski definition) is 4. The molecule has 2 aliphatic rings. The van der Waals surface area contributed by atoms with Gasteiger partial charge in [0.05, 0.1) is 18.2 Å². The Morgan fingerprint density at radius 3 is 2.63 bits per heavy atom. The molecule has 0 saturated heterocycles. The average molecular weight is 375 g/mol. The highest BCUT2D eigenvalue weighted by Crippen LogP contribution is 2.30. The second-order valence-electron chi connectivity index (χ2n) is 6.90. The van der Waals surface area contributed by atoms with Crippen LogP contribution in [0.5, 0.6) is 0 Å². The summed E-state index contributed by atoms with van der Waals surface area (Å²) in [7, 11) is 0. The van der Waals surface area contributed by atoms with Crippen LogP contribution in [0.1, 0.15) is 38.7 Å². The van der Waals surface area contributed by atoms with Crippen LogP contribution in [0.3, 0.4) is 0 Å². The maximum absolute atomic E-state index is 14.1. The number of nitrogens with one attached hydrogen (secondary N) is 2. The standard InChI is InChI=1S/C20H26FN3O3/c1-3-16-18(19(25)27-4-2)17(23-20(26)22-16)12-24(14-9-10-14)11-13-7-5-6-8-15(13)21/h5-8,14,16H,3-4,9-12H2,1-2H3,(H2,22,23,26)/t16-/m1/s1. The summed E-state index contributed by atoms with van der Waals surface area (Å²) < 4.78 is 19.3. The van der Waals surface area contributed by atoms with Crippen molar-refractivity contribution in [2.24, 2.45) is 0 Å². The first kappa shape index (κ1) is 19.4. The highest BCUT2D eigenvalue weighted by molar-refractivity contribution is 5.94. The minimum Gasteiger partial charge on any atom is -0.463 e. The van der Waals surface area contributed by atoms with Gasteiger partial charge in [-0.25, -0.2) is 14.0 Å². The number of rotatable bonds is 8. The minimum absolute atomic E-state index is 0.247. The molecule has 1 aromatic carbocycles. The Labute approximate surface area is 158 Å². The van der Waals surface area contributed by atoms with Gasteiger partial charge in [-0.05, 0) is 32.3 Å². The molecule has 6 nitrogen and oxygen atoms in total. The van der Waals surface area contributed by atoms with E-state index in [4.69, 9.17) is 4.74 Å². The lowest BCUT2D eigenvalue weighted by atomic mass is 9.99. The first-order chi connectivity index (χ1) is 13.0. The zero-order valence-corrected chi connectivity index (χ0v) is 15.8. The van der Waals surface area contributed by atoms with Crippen molar-refractivity contribution >= 4 is 12.0 Å². The van der Waals surface area contributed by atoms with Crippen LogP contribution in [0.25, 0.3) is 0 Å². The molecular weight excluding hydrogens is 349 g/mol. The fourth-order valence-corrected chi connectivity index (χ4v) is 3.39. The largest absolute Gasteiger partial charge is 0.463 e.